The van der Waals surface area contributed by atoms with Crippen molar-refractivity contribution in [2.45, 2.75) is 30.2 Å². The SMILES string of the molecule is CN(C)[C@@H]1CS(=O)(=O)[C@H]2CN(C3CCN(C(=O)c4cccnc4)CC3)C[C@@H]12. The Bertz CT molecular complexity index is 790. The van der Waals surface area contributed by atoms with E-state index in [1.54, 1.807) is 24.5 Å². The van der Waals surface area contributed by atoms with Crippen LogP contribution < -0.4 is 0 Å². The second-order valence-electron chi connectivity index (χ2n) is 8.28. The van der Waals surface area contributed by atoms with Gasteiger partial charge in [-0.25, -0.2) is 8.42 Å². The quantitative estimate of drug-likeness (QED) is 0.739. The van der Waals surface area contributed by atoms with Crippen LogP contribution in [0.2, 0.25) is 0 Å². The van der Waals surface area contributed by atoms with Gasteiger partial charge in [0, 0.05) is 56.6 Å². The molecule has 148 valence electrons. The Morgan fingerprint density at radius 2 is 1.96 bits per heavy atom. The van der Waals surface area contributed by atoms with Crippen molar-refractivity contribution in [3.8, 4) is 0 Å². The molecule has 1 amide bonds. The highest BCUT2D eigenvalue weighted by molar-refractivity contribution is 7.92. The Kier molecular flexibility index (Phi) is 4.98. The van der Waals surface area contributed by atoms with Crippen LogP contribution >= 0.6 is 0 Å². The van der Waals surface area contributed by atoms with E-state index in [-0.39, 0.29) is 23.1 Å². The van der Waals surface area contributed by atoms with Crippen LogP contribution in [0.25, 0.3) is 0 Å². The molecule has 0 N–H and O–H groups in total. The molecule has 0 aliphatic carbocycles. The van der Waals surface area contributed by atoms with Gasteiger partial charge in [0.25, 0.3) is 5.91 Å². The Morgan fingerprint density at radius 1 is 1.22 bits per heavy atom. The normalized spacial score (nSPS) is 31.4. The monoisotopic (exact) mass is 392 g/mol. The Morgan fingerprint density at radius 3 is 2.59 bits per heavy atom. The number of hydrogen-bond donors (Lipinski definition) is 0. The molecule has 0 aromatic carbocycles. The molecule has 27 heavy (non-hydrogen) atoms. The average Bonchev–Trinajstić information content (AvgIpc) is 3.21. The van der Waals surface area contributed by atoms with E-state index >= 15 is 0 Å². The summed E-state index contributed by atoms with van der Waals surface area (Å²) in [5.74, 6) is 0.538. The molecule has 7 nitrogen and oxygen atoms in total. The predicted molar refractivity (Wildman–Crippen MR) is 103 cm³/mol. The van der Waals surface area contributed by atoms with Crippen molar-refractivity contribution in [2.24, 2.45) is 5.92 Å². The predicted octanol–water partition coefficient (Wildman–Crippen LogP) is 0.345. The van der Waals surface area contributed by atoms with Gasteiger partial charge >= 0.3 is 0 Å². The number of pyridine rings is 1. The molecule has 0 radical (unpaired) electrons. The van der Waals surface area contributed by atoms with Crippen molar-refractivity contribution in [2.75, 3.05) is 46.0 Å². The minimum absolute atomic E-state index is 0.0371. The second-order valence-corrected chi connectivity index (χ2v) is 10.5. The fourth-order valence-corrected chi connectivity index (χ4v) is 7.49. The maximum absolute atomic E-state index is 12.6. The first-order chi connectivity index (χ1) is 12.9. The molecule has 8 heteroatoms. The van der Waals surface area contributed by atoms with Gasteiger partial charge in [0.15, 0.2) is 9.84 Å². The molecule has 3 atom stereocenters. The van der Waals surface area contributed by atoms with Gasteiger partial charge in [-0.05, 0) is 39.1 Å². The summed E-state index contributed by atoms with van der Waals surface area (Å²) in [4.78, 5) is 22.9. The van der Waals surface area contributed by atoms with Crippen molar-refractivity contribution in [3.63, 3.8) is 0 Å². The van der Waals surface area contributed by atoms with E-state index in [4.69, 9.17) is 0 Å². The van der Waals surface area contributed by atoms with E-state index < -0.39 is 9.84 Å². The van der Waals surface area contributed by atoms with Crippen molar-refractivity contribution in [3.05, 3.63) is 30.1 Å². The molecule has 1 aromatic rings. The summed E-state index contributed by atoms with van der Waals surface area (Å²) in [6, 6.07) is 4.07. The molecule has 3 fully saturated rings. The summed E-state index contributed by atoms with van der Waals surface area (Å²) in [5, 5.41) is -0.222. The van der Waals surface area contributed by atoms with Crippen LogP contribution in [0.1, 0.15) is 23.2 Å². The van der Waals surface area contributed by atoms with Gasteiger partial charge in [0.1, 0.15) is 0 Å². The average molecular weight is 393 g/mol. The van der Waals surface area contributed by atoms with E-state index in [0.29, 0.717) is 37.0 Å². The third kappa shape index (κ3) is 3.50. The number of nitrogens with zero attached hydrogens (tertiary/aromatic N) is 4. The van der Waals surface area contributed by atoms with Gasteiger partial charge < -0.3 is 9.80 Å². The minimum Gasteiger partial charge on any atom is -0.338 e. The van der Waals surface area contributed by atoms with Gasteiger partial charge in [0.2, 0.25) is 0 Å². The first-order valence-corrected chi connectivity index (χ1v) is 11.4. The van der Waals surface area contributed by atoms with Crippen molar-refractivity contribution in [1.29, 1.82) is 0 Å². The fraction of sp³-hybridized carbons (Fsp3) is 0.684. The third-order valence-electron chi connectivity index (χ3n) is 6.54. The van der Waals surface area contributed by atoms with Gasteiger partial charge in [-0.2, -0.15) is 0 Å². The molecule has 3 aliphatic heterocycles. The number of aromatic nitrogens is 1. The van der Waals surface area contributed by atoms with Gasteiger partial charge in [-0.15, -0.1) is 0 Å². The van der Waals surface area contributed by atoms with Crippen LogP contribution in [0.5, 0.6) is 0 Å². The standard InChI is InChI=1S/C19H28N4O3S/c1-21(2)17-13-27(25,26)18-12-23(11-16(17)18)15-5-8-22(9-6-15)19(24)14-4-3-7-20-10-14/h3-4,7,10,15-18H,5-6,8-9,11-13H2,1-2H3/t16-,17+,18-/m0/s1. The van der Waals surface area contributed by atoms with E-state index in [9.17, 15) is 13.2 Å². The summed E-state index contributed by atoms with van der Waals surface area (Å²) < 4.78 is 25.1. The van der Waals surface area contributed by atoms with Crippen LogP contribution in [0.3, 0.4) is 0 Å². The first-order valence-electron chi connectivity index (χ1n) is 9.68. The number of amides is 1. The molecule has 4 heterocycles. The lowest BCUT2D eigenvalue weighted by Crippen LogP contribution is -2.47. The lowest BCUT2D eigenvalue weighted by molar-refractivity contribution is 0.0636. The van der Waals surface area contributed by atoms with Gasteiger partial charge in [-0.3, -0.25) is 14.7 Å². The van der Waals surface area contributed by atoms with Crippen molar-refractivity contribution in [1.82, 2.24) is 19.7 Å². The fourth-order valence-electron chi connectivity index (χ4n) is 5.00. The lowest BCUT2D eigenvalue weighted by atomic mass is 9.99. The van der Waals surface area contributed by atoms with Crippen molar-refractivity contribution < 1.29 is 13.2 Å². The minimum atomic E-state index is -3.00. The zero-order valence-electron chi connectivity index (χ0n) is 16.0. The smallest absolute Gasteiger partial charge is 0.255 e. The van der Waals surface area contributed by atoms with Crippen LogP contribution in [-0.4, -0.2) is 97.4 Å². The third-order valence-corrected chi connectivity index (χ3v) is 8.76. The molecule has 1 aromatic heterocycles. The summed E-state index contributed by atoms with van der Waals surface area (Å²) in [6.45, 7) is 2.94. The highest BCUT2D eigenvalue weighted by Gasteiger charge is 2.53. The number of carbonyl (C=O) groups is 1. The largest absolute Gasteiger partial charge is 0.338 e. The van der Waals surface area contributed by atoms with Crippen LogP contribution in [0.15, 0.2) is 24.5 Å². The summed E-state index contributed by atoms with van der Waals surface area (Å²) in [5.41, 5.74) is 0.631. The summed E-state index contributed by atoms with van der Waals surface area (Å²) in [6.07, 6.45) is 5.08. The first kappa shape index (κ1) is 18.8. The molecule has 0 spiro atoms. The molecule has 4 rings (SSSR count). The van der Waals surface area contributed by atoms with E-state index in [1.165, 1.54) is 0 Å². The van der Waals surface area contributed by atoms with Crippen LogP contribution in [0, 0.1) is 5.92 Å². The number of likely N-dealkylation sites (tertiary alicyclic amines) is 2. The molecule has 3 aliphatic rings. The zero-order chi connectivity index (χ0) is 19.2. The molecule has 0 unspecified atom stereocenters. The number of sulfone groups is 1. The molecule has 0 saturated carbocycles. The number of rotatable bonds is 3. The van der Waals surface area contributed by atoms with Crippen LogP contribution in [-0.2, 0) is 9.84 Å². The van der Waals surface area contributed by atoms with Gasteiger partial charge in [0.05, 0.1) is 16.6 Å². The Hall–Kier alpha value is -1.51. The zero-order valence-corrected chi connectivity index (χ0v) is 16.8. The topological polar surface area (TPSA) is 73.8 Å². The maximum atomic E-state index is 12.6. The molecule has 0 bridgehead atoms. The molecule has 3 saturated heterocycles. The number of piperidine rings is 1. The summed E-state index contributed by atoms with van der Waals surface area (Å²) >= 11 is 0. The number of fused-ring (bicyclic) bond motifs is 1. The maximum Gasteiger partial charge on any atom is 0.255 e. The highest BCUT2D eigenvalue weighted by Crippen LogP contribution is 2.37. The number of hydrogen-bond acceptors (Lipinski definition) is 6. The van der Waals surface area contributed by atoms with Crippen molar-refractivity contribution >= 4 is 15.7 Å². The lowest BCUT2D eigenvalue weighted by Gasteiger charge is -2.37. The number of carbonyl (C=O) groups excluding carboxylic acids is 1. The molecular formula is C19H28N4O3S. The molecular weight excluding hydrogens is 364 g/mol. The van der Waals surface area contributed by atoms with E-state index in [1.807, 2.05) is 19.0 Å². The van der Waals surface area contributed by atoms with Crippen LogP contribution in [0.4, 0.5) is 0 Å². The highest BCUT2D eigenvalue weighted by atomic mass is 32.2. The Labute approximate surface area is 161 Å². The Balaban J connectivity index is 1.38. The van der Waals surface area contributed by atoms with Gasteiger partial charge in [-0.1, -0.05) is 0 Å². The summed E-state index contributed by atoms with van der Waals surface area (Å²) in [7, 11) is 0.955. The van der Waals surface area contributed by atoms with E-state index in [2.05, 4.69) is 14.8 Å². The van der Waals surface area contributed by atoms with E-state index in [0.717, 1.165) is 19.4 Å². The second kappa shape index (κ2) is 7.14.